The standard InChI is InChI=1S/C16H21NO2/c1-13(4-9-16-3-2-10-19-16)17-11-14-5-7-15(12-18)8-6-14/h2-3,5-8,10,13,17-18H,4,9,11-12H2,1H3. The average molecular weight is 259 g/mol. The second-order valence-electron chi connectivity index (χ2n) is 4.87. The van der Waals surface area contributed by atoms with E-state index in [0.29, 0.717) is 6.04 Å². The topological polar surface area (TPSA) is 45.4 Å². The van der Waals surface area contributed by atoms with Crippen LogP contribution in [-0.2, 0) is 19.6 Å². The lowest BCUT2D eigenvalue weighted by atomic mass is 10.1. The number of aliphatic hydroxyl groups excluding tert-OH is 1. The molecule has 3 nitrogen and oxygen atoms in total. The largest absolute Gasteiger partial charge is 0.469 e. The lowest BCUT2D eigenvalue weighted by Crippen LogP contribution is -2.25. The third-order valence-corrected chi connectivity index (χ3v) is 3.26. The third kappa shape index (κ3) is 4.54. The molecule has 1 unspecified atom stereocenters. The number of aliphatic hydroxyl groups is 1. The number of benzene rings is 1. The summed E-state index contributed by atoms with van der Waals surface area (Å²) < 4.78 is 5.32. The summed E-state index contributed by atoms with van der Waals surface area (Å²) in [5.74, 6) is 1.04. The average Bonchev–Trinajstić information content (AvgIpc) is 2.96. The highest BCUT2D eigenvalue weighted by atomic mass is 16.3. The van der Waals surface area contributed by atoms with E-state index < -0.39 is 0 Å². The molecule has 2 aromatic rings. The fourth-order valence-electron chi connectivity index (χ4n) is 1.97. The summed E-state index contributed by atoms with van der Waals surface area (Å²) in [5, 5.41) is 12.5. The Morgan fingerprint density at radius 2 is 1.89 bits per heavy atom. The molecule has 3 heteroatoms. The summed E-state index contributed by atoms with van der Waals surface area (Å²) in [6.07, 6.45) is 3.74. The molecule has 1 atom stereocenters. The maximum absolute atomic E-state index is 8.98. The fourth-order valence-corrected chi connectivity index (χ4v) is 1.97. The quantitative estimate of drug-likeness (QED) is 0.803. The van der Waals surface area contributed by atoms with Crippen molar-refractivity contribution < 1.29 is 9.52 Å². The molecule has 0 saturated heterocycles. The number of nitrogens with one attached hydrogen (secondary N) is 1. The maximum atomic E-state index is 8.98. The first kappa shape index (κ1) is 13.8. The molecule has 0 fully saturated rings. The van der Waals surface area contributed by atoms with Crippen molar-refractivity contribution >= 4 is 0 Å². The zero-order valence-corrected chi connectivity index (χ0v) is 11.3. The molecular formula is C16H21NO2. The van der Waals surface area contributed by atoms with Crippen molar-refractivity contribution in [2.24, 2.45) is 0 Å². The molecule has 0 amide bonds. The number of furan rings is 1. The van der Waals surface area contributed by atoms with Gasteiger partial charge in [-0.15, -0.1) is 0 Å². The molecule has 1 heterocycles. The predicted molar refractivity (Wildman–Crippen MR) is 75.7 cm³/mol. The first-order chi connectivity index (χ1) is 9.28. The van der Waals surface area contributed by atoms with Crippen LogP contribution in [0.3, 0.4) is 0 Å². The Labute approximate surface area is 114 Å². The van der Waals surface area contributed by atoms with E-state index >= 15 is 0 Å². The Bertz CT molecular complexity index is 462. The van der Waals surface area contributed by atoms with Crippen LogP contribution in [0.15, 0.2) is 47.1 Å². The highest BCUT2D eigenvalue weighted by molar-refractivity contribution is 5.21. The van der Waals surface area contributed by atoms with Crippen LogP contribution >= 0.6 is 0 Å². The molecule has 1 aromatic heterocycles. The summed E-state index contributed by atoms with van der Waals surface area (Å²) in [5.41, 5.74) is 2.19. The van der Waals surface area contributed by atoms with E-state index in [0.717, 1.165) is 30.7 Å². The SMILES string of the molecule is CC(CCc1ccco1)NCc1ccc(CO)cc1. The summed E-state index contributed by atoms with van der Waals surface area (Å²) in [6.45, 7) is 3.14. The van der Waals surface area contributed by atoms with Crippen molar-refractivity contribution in [3.63, 3.8) is 0 Å². The van der Waals surface area contributed by atoms with E-state index in [1.54, 1.807) is 6.26 Å². The summed E-state index contributed by atoms with van der Waals surface area (Å²) in [6, 6.07) is 12.4. The minimum absolute atomic E-state index is 0.104. The van der Waals surface area contributed by atoms with Crippen LogP contribution in [0, 0.1) is 0 Å². The van der Waals surface area contributed by atoms with Gasteiger partial charge in [0.05, 0.1) is 12.9 Å². The van der Waals surface area contributed by atoms with Crippen LogP contribution in [0.1, 0.15) is 30.2 Å². The van der Waals surface area contributed by atoms with Crippen molar-refractivity contribution in [1.82, 2.24) is 5.32 Å². The van der Waals surface area contributed by atoms with Gasteiger partial charge in [0.1, 0.15) is 5.76 Å². The normalized spacial score (nSPS) is 12.5. The predicted octanol–water partition coefficient (Wildman–Crippen LogP) is 2.88. The molecule has 0 radical (unpaired) electrons. The van der Waals surface area contributed by atoms with Gasteiger partial charge in [-0.25, -0.2) is 0 Å². The van der Waals surface area contributed by atoms with Gasteiger partial charge < -0.3 is 14.8 Å². The zero-order valence-electron chi connectivity index (χ0n) is 11.3. The molecule has 0 saturated carbocycles. The Morgan fingerprint density at radius 3 is 2.53 bits per heavy atom. The van der Waals surface area contributed by atoms with E-state index in [-0.39, 0.29) is 6.61 Å². The van der Waals surface area contributed by atoms with E-state index in [1.165, 1.54) is 5.56 Å². The number of hydrogen-bond donors (Lipinski definition) is 2. The lowest BCUT2D eigenvalue weighted by molar-refractivity contribution is 0.282. The van der Waals surface area contributed by atoms with Crippen LogP contribution in [-0.4, -0.2) is 11.1 Å². The molecule has 0 bridgehead atoms. The van der Waals surface area contributed by atoms with E-state index in [1.807, 2.05) is 24.3 Å². The van der Waals surface area contributed by atoms with E-state index in [2.05, 4.69) is 24.4 Å². The first-order valence-electron chi connectivity index (χ1n) is 6.72. The highest BCUT2D eigenvalue weighted by Gasteiger charge is 2.04. The van der Waals surface area contributed by atoms with Crippen LogP contribution in [0.25, 0.3) is 0 Å². The van der Waals surface area contributed by atoms with Crippen molar-refractivity contribution in [2.45, 2.75) is 39.0 Å². The summed E-state index contributed by atoms with van der Waals surface area (Å²) in [4.78, 5) is 0. The van der Waals surface area contributed by atoms with E-state index in [9.17, 15) is 0 Å². The second-order valence-corrected chi connectivity index (χ2v) is 4.87. The monoisotopic (exact) mass is 259 g/mol. The smallest absolute Gasteiger partial charge is 0.103 e. The number of aryl methyl sites for hydroxylation is 1. The van der Waals surface area contributed by atoms with Gasteiger partial charge in [0.15, 0.2) is 0 Å². The molecule has 0 aliphatic rings. The molecule has 1 aromatic carbocycles. The summed E-state index contributed by atoms with van der Waals surface area (Å²) >= 11 is 0. The number of rotatable bonds is 7. The molecule has 2 rings (SSSR count). The van der Waals surface area contributed by atoms with Crippen molar-refractivity contribution in [1.29, 1.82) is 0 Å². The Kier molecular flexibility index (Phi) is 5.19. The highest BCUT2D eigenvalue weighted by Crippen LogP contribution is 2.07. The Morgan fingerprint density at radius 1 is 1.16 bits per heavy atom. The van der Waals surface area contributed by atoms with Crippen LogP contribution in [0.2, 0.25) is 0 Å². The molecule has 102 valence electrons. The molecule has 0 aliphatic heterocycles. The third-order valence-electron chi connectivity index (χ3n) is 3.26. The van der Waals surface area contributed by atoms with Gasteiger partial charge in [-0.1, -0.05) is 24.3 Å². The minimum Gasteiger partial charge on any atom is -0.469 e. The van der Waals surface area contributed by atoms with Crippen LogP contribution in [0.4, 0.5) is 0 Å². The lowest BCUT2D eigenvalue weighted by Gasteiger charge is -2.13. The Hall–Kier alpha value is -1.58. The molecule has 19 heavy (non-hydrogen) atoms. The van der Waals surface area contributed by atoms with Gasteiger partial charge in [-0.05, 0) is 36.6 Å². The summed E-state index contributed by atoms with van der Waals surface area (Å²) in [7, 11) is 0. The first-order valence-corrected chi connectivity index (χ1v) is 6.72. The van der Waals surface area contributed by atoms with Crippen LogP contribution < -0.4 is 5.32 Å². The van der Waals surface area contributed by atoms with Crippen molar-refractivity contribution in [3.05, 3.63) is 59.5 Å². The van der Waals surface area contributed by atoms with Crippen molar-refractivity contribution in [3.8, 4) is 0 Å². The zero-order chi connectivity index (χ0) is 13.5. The van der Waals surface area contributed by atoms with E-state index in [4.69, 9.17) is 9.52 Å². The van der Waals surface area contributed by atoms with Gasteiger partial charge in [0.25, 0.3) is 0 Å². The number of hydrogen-bond acceptors (Lipinski definition) is 3. The minimum atomic E-state index is 0.104. The molecular weight excluding hydrogens is 238 g/mol. The molecule has 2 N–H and O–H groups in total. The maximum Gasteiger partial charge on any atom is 0.103 e. The fraction of sp³-hybridized carbons (Fsp3) is 0.375. The van der Waals surface area contributed by atoms with Crippen LogP contribution in [0.5, 0.6) is 0 Å². The van der Waals surface area contributed by atoms with Gasteiger partial charge in [0, 0.05) is 19.0 Å². The Balaban J connectivity index is 1.71. The van der Waals surface area contributed by atoms with Gasteiger partial charge in [0.2, 0.25) is 0 Å². The second kappa shape index (κ2) is 7.12. The van der Waals surface area contributed by atoms with Crippen molar-refractivity contribution in [2.75, 3.05) is 0 Å². The van der Waals surface area contributed by atoms with Gasteiger partial charge in [-0.2, -0.15) is 0 Å². The molecule has 0 spiro atoms. The van der Waals surface area contributed by atoms with Gasteiger partial charge in [-0.3, -0.25) is 0 Å². The molecule has 0 aliphatic carbocycles. The van der Waals surface area contributed by atoms with Gasteiger partial charge >= 0.3 is 0 Å².